The summed E-state index contributed by atoms with van der Waals surface area (Å²) in [6, 6.07) is 1.94. The van der Waals surface area contributed by atoms with Gasteiger partial charge in [-0.1, -0.05) is 25.4 Å². The molecule has 0 unspecified atom stereocenters. The molecule has 202 valence electrons. The van der Waals surface area contributed by atoms with Crippen molar-refractivity contribution in [2.24, 2.45) is 11.3 Å². The summed E-state index contributed by atoms with van der Waals surface area (Å²) < 4.78 is 0. The maximum Gasteiger partial charge on any atom is 0.306 e. The molecule has 2 saturated heterocycles. The third-order valence-electron chi connectivity index (χ3n) is 7.29. The number of nitrogens with zero attached hydrogens (tertiary/aromatic N) is 5. The number of carboxylic acids is 1. The fourth-order valence-electron chi connectivity index (χ4n) is 5.31. The maximum absolute atomic E-state index is 13.1. The van der Waals surface area contributed by atoms with Gasteiger partial charge in [-0.05, 0) is 43.7 Å². The molecule has 5 rings (SSSR count). The van der Waals surface area contributed by atoms with E-state index in [2.05, 4.69) is 28.7 Å². The highest BCUT2D eigenvalue weighted by molar-refractivity contribution is 7.15. The molecule has 0 bridgehead atoms. The summed E-state index contributed by atoms with van der Waals surface area (Å²) in [6.45, 7) is 8.79. The number of carbonyl (C=O) groups excluding carboxylic acids is 1. The van der Waals surface area contributed by atoms with Gasteiger partial charge in [0, 0.05) is 36.4 Å². The second kappa shape index (κ2) is 11.4. The normalized spacial score (nSPS) is 18.6. The molecule has 0 spiro atoms. The molecule has 0 saturated carbocycles. The van der Waals surface area contributed by atoms with E-state index in [-0.39, 0.29) is 18.1 Å². The van der Waals surface area contributed by atoms with E-state index >= 15 is 0 Å². The summed E-state index contributed by atoms with van der Waals surface area (Å²) in [4.78, 5) is 44.7. The minimum Gasteiger partial charge on any atom is -0.481 e. The van der Waals surface area contributed by atoms with Crippen molar-refractivity contribution in [2.75, 3.05) is 31.1 Å². The van der Waals surface area contributed by atoms with Crippen LogP contribution in [0.1, 0.15) is 59.9 Å². The smallest absolute Gasteiger partial charge is 0.306 e. The first-order valence-corrected chi connectivity index (χ1v) is 15.0. The Hall–Kier alpha value is -2.40. The zero-order chi connectivity index (χ0) is 26.9. The minimum atomic E-state index is -0.743. The molecule has 5 heterocycles. The van der Waals surface area contributed by atoms with Gasteiger partial charge in [-0.2, -0.15) is 0 Å². The first-order chi connectivity index (χ1) is 18.2. The molecule has 0 amide bonds. The summed E-state index contributed by atoms with van der Waals surface area (Å²) in [5.74, 6) is -0.501. The van der Waals surface area contributed by atoms with Gasteiger partial charge >= 0.3 is 5.97 Å². The number of hydrogen-bond acceptors (Lipinski definition) is 9. The van der Waals surface area contributed by atoms with Crippen LogP contribution in [0, 0.1) is 11.3 Å². The van der Waals surface area contributed by atoms with E-state index in [9.17, 15) is 14.7 Å². The van der Waals surface area contributed by atoms with Crippen molar-refractivity contribution in [3.63, 3.8) is 0 Å². The third kappa shape index (κ3) is 6.42. The summed E-state index contributed by atoms with van der Waals surface area (Å²) in [6.07, 6.45) is 6.88. The highest BCUT2D eigenvalue weighted by Crippen LogP contribution is 2.37. The Morgan fingerprint density at radius 1 is 1.18 bits per heavy atom. The average Bonchev–Trinajstić information content (AvgIpc) is 3.49. The lowest BCUT2D eigenvalue weighted by Crippen LogP contribution is -2.39. The van der Waals surface area contributed by atoms with Gasteiger partial charge in [0.2, 0.25) is 0 Å². The molecular weight excluding hydrogens is 542 g/mol. The number of thiazole rings is 1. The lowest BCUT2D eigenvalue weighted by Gasteiger charge is -2.37. The molecular formula is C27H32ClN5O3S2. The lowest BCUT2D eigenvalue weighted by molar-refractivity contribution is -0.142. The Morgan fingerprint density at radius 3 is 2.61 bits per heavy atom. The Morgan fingerprint density at radius 2 is 1.97 bits per heavy atom. The zero-order valence-corrected chi connectivity index (χ0v) is 24.0. The predicted molar refractivity (Wildman–Crippen MR) is 151 cm³/mol. The molecule has 2 aliphatic rings. The number of Topliss-reactive ketones (excluding diaryl/α,β-unsaturated/α-hetero) is 1. The van der Waals surface area contributed by atoms with Crippen LogP contribution in [0.3, 0.4) is 0 Å². The van der Waals surface area contributed by atoms with E-state index < -0.39 is 5.97 Å². The Balaban J connectivity index is 1.29. The molecule has 0 atom stereocenters. The van der Waals surface area contributed by atoms with Crippen LogP contribution in [-0.2, 0) is 17.8 Å². The van der Waals surface area contributed by atoms with Gasteiger partial charge in [0.25, 0.3) is 0 Å². The van der Waals surface area contributed by atoms with Crippen LogP contribution in [0.4, 0.5) is 5.82 Å². The summed E-state index contributed by atoms with van der Waals surface area (Å²) >= 11 is 9.40. The maximum atomic E-state index is 13.1. The van der Waals surface area contributed by atoms with Gasteiger partial charge in [0.05, 0.1) is 40.3 Å². The SMILES string of the molecule is CC1(C)CCCN(Cc2sc(CC(=O)c3cnc(N4CCC(C(=O)O)CC4)cn3)nc2-c2cc(Cl)cs2)C1. The molecule has 11 heteroatoms. The molecule has 38 heavy (non-hydrogen) atoms. The number of thiophene rings is 1. The topological polar surface area (TPSA) is 99.5 Å². The molecule has 2 aliphatic heterocycles. The Bertz CT molecular complexity index is 1300. The van der Waals surface area contributed by atoms with Crippen LogP contribution >= 0.6 is 34.3 Å². The van der Waals surface area contributed by atoms with Crippen molar-refractivity contribution >= 4 is 51.8 Å². The van der Waals surface area contributed by atoms with Gasteiger partial charge in [-0.3, -0.25) is 14.5 Å². The molecule has 2 fully saturated rings. The second-order valence-corrected chi connectivity index (χ2v) is 13.5. The molecule has 3 aromatic heterocycles. The predicted octanol–water partition coefficient (Wildman–Crippen LogP) is 5.66. The number of aromatic nitrogens is 3. The highest BCUT2D eigenvalue weighted by Gasteiger charge is 2.28. The first kappa shape index (κ1) is 27.2. The molecule has 1 N–H and O–H groups in total. The van der Waals surface area contributed by atoms with Gasteiger partial charge in [-0.25, -0.2) is 15.0 Å². The van der Waals surface area contributed by atoms with Crippen molar-refractivity contribution in [1.29, 1.82) is 0 Å². The Kier molecular flexibility index (Phi) is 8.14. The van der Waals surface area contributed by atoms with E-state index in [1.54, 1.807) is 28.9 Å². The average molecular weight is 574 g/mol. The molecule has 3 aromatic rings. The molecule has 0 radical (unpaired) electrons. The first-order valence-electron chi connectivity index (χ1n) is 13.0. The number of aliphatic carboxylic acids is 1. The van der Waals surface area contributed by atoms with Crippen molar-refractivity contribution in [2.45, 2.75) is 52.5 Å². The number of piperidine rings is 2. The second-order valence-electron chi connectivity index (χ2n) is 10.9. The third-order valence-corrected chi connectivity index (χ3v) is 9.62. The zero-order valence-electron chi connectivity index (χ0n) is 21.7. The molecule has 8 nitrogen and oxygen atoms in total. The summed E-state index contributed by atoms with van der Waals surface area (Å²) in [7, 11) is 0. The van der Waals surface area contributed by atoms with Gasteiger partial charge in [0.15, 0.2) is 5.78 Å². The highest BCUT2D eigenvalue weighted by atomic mass is 35.5. The van der Waals surface area contributed by atoms with Crippen molar-refractivity contribution in [3.05, 3.63) is 44.4 Å². The quantitative estimate of drug-likeness (QED) is 0.344. The van der Waals surface area contributed by atoms with Crippen LogP contribution in [0.2, 0.25) is 5.02 Å². The van der Waals surface area contributed by atoms with E-state index in [4.69, 9.17) is 16.6 Å². The number of carbonyl (C=O) groups is 2. The fourth-order valence-corrected chi connectivity index (χ4v) is 7.59. The van der Waals surface area contributed by atoms with Crippen LogP contribution in [-0.4, -0.2) is 62.9 Å². The monoisotopic (exact) mass is 573 g/mol. The van der Waals surface area contributed by atoms with Crippen molar-refractivity contribution in [1.82, 2.24) is 19.9 Å². The van der Waals surface area contributed by atoms with Crippen LogP contribution < -0.4 is 4.90 Å². The number of ketones is 1. The Labute approximate surface area is 235 Å². The lowest BCUT2D eigenvalue weighted by atomic mass is 9.84. The van der Waals surface area contributed by atoms with Crippen LogP contribution in [0.25, 0.3) is 10.6 Å². The minimum absolute atomic E-state index is 0.121. The van der Waals surface area contributed by atoms with E-state index in [0.29, 0.717) is 47.9 Å². The number of halogens is 1. The van der Waals surface area contributed by atoms with Crippen LogP contribution in [0.5, 0.6) is 0 Å². The number of rotatable bonds is 8. The molecule has 0 aliphatic carbocycles. The number of anilines is 1. The van der Waals surface area contributed by atoms with E-state index in [1.807, 2.05) is 16.3 Å². The summed E-state index contributed by atoms with van der Waals surface area (Å²) in [5, 5.41) is 12.6. The fraction of sp³-hybridized carbons (Fsp3) is 0.519. The molecule has 0 aromatic carbocycles. The van der Waals surface area contributed by atoms with Crippen molar-refractivity contribution < 1.29 is 14.7 Å². The van der Waals surface area contributed by atoms with Crippen LogP contribution in [0.15, 0.2) is 23.8 Å². The van der Waals surface area contributed by atoms with E-state index in [1.165, 1.54) is 19.0 Å². The van der Waals surface area contributed by atoms with Gasteiger partial charge in [-0.15, -0.1) is 22.7 Å². The standard InChI is InChI=1S/C27H32ClN5O3S2/c1-27(2)6-3-7-32(16-27)14-22-25(21-10-18(28)15-37-21)31-24(38-22)11-20(34)19-12-30-23(13-29-19)33-8-4-17(5-9-33)26(35)36/h10,12-13,15,17H,3-9,11,14,16H2,1-2H3,(H,35,36). The van der Waals surface area contributed by atoms with Gasteiger partial charge in [0.1, 0.15) is 16.5 Å². The number of carboxylic acid groups (broad SMARTS) is 1. The van der Waals surface area contributed by atoms with Gasteiger partial charge < -0.3 is 10.0 Å². The van der Waals surface area contributed by atoms with Crippen molar-refractivity contribution in [3.8, 4) is 10.6 Å². The number of likely N-dealkylation sites (tertiary alicyclic amines) is 1. The summed E-state index contributed by atoms with van der Waals surface area (Å²) in [5.41, 5.74) is 1.53. The largest absolute Gasteiger partial charge is 0.481 e. The number of hydrogen-bond donors (Lipinski definition) is 1. The van der Waals surface area contributed by atoms with E-state index in [0.717, 1.165) is 40.1 Å².